The quantitative estimate of drug-likeness (QED) is 0.322. The van der Waals surface area contributed by atoms with Gasteiger partial charge in [0.15, 0.2) is 5.78 Å². The number of hydrogen-bond acceptors (Lipinski definition) is 6. The average Bonchev–Trinajstić information content (AvgIpc) is 3.00. The van der Waals surface area contributed by atoms with Gasteiger partial charge in [0.25, 0.3) is 5.69 Å². The van der Waals surface area contributed by atoms with Crippen LogP contribution in [0.4, 0.5) is 5.69 Å². The summed E-state index contributed by atoms with van der Waals surface area (Å²) >= 11 is 0. The van der Waals surface area contributed by atoms with E-state index < -0.39 is 16.7 Å². The molecule has 0 spiro atoms. The minimum absolute atomic E-state index is 0.0510. The maximum Gasteiger partial charge on any atom is 0.312 e. The topological polar surface area (TPSA) is 104 Å². The Balaban J connectivity index is 2.66. The van der Waals surface area contributed by atoms with Gasteiger partial charge in [-0.3, -0.25) is 19.7 Å². The highest BCUT2D eigenvalue weighted by molar-refractivity contribution is 6.12. The summed E-state index contributed by atoms with van der Waals surface area (Å²) in [4.78, 5) is 35.9. The molecule has 0 radical (unpaired) electrons. The molecule has 8 nitrogen and oxygen atoms in total. The fraction of sp³-hybridized carbons (Fsp3) is 0.350. The zero-order valence-corrected chi connectivity index (χ0v) is 16.8. The summed E-state index contributed by atoms with van der Waals surface area (Å²) in [6.07, 6.45) is 1.48. The number of allylic oxidation sites excluding steroid dienone is 2. The molecule has 2 rings (SSSR count). The standard InChI is InChI=1S/C20H23N3O5/c1-7-17(24)28-20-15(10-21-22(20)6)19(25)14-8-9-16(23(26)27)18(13(14)5)12(4)11(2)3/h8-10H,7H2,1-6H3. The number of ketones is 1. The van der Waals surface area contributed by atoms with E-state index in [0.29, 0.717) is 16.7 Å². The van der Waals surface area contributed by atoms with Gasteiger partial charge >= 0.3 is 5.97 Å². The Bertz CT molecular complexity index is 998. The lowest BCUT2D eigenvalue weighted by Crippen LogP contribution is -2.13. The van der Waals surface area contributed by atoms with Gasteiger partial charge in [-0.25, -0.2) is 4.68 Å². The third kappa shape index (κ3) is 3.85. The Labute approximate surface area is 163 Å². The summed E-state index contributed by atoms with van der Waals surface area (Å²) < 4.78 is 6.56. The number of carbonyl (C=O) groups is 2. The van der Waals surface area contributed by atoms with E-state index in [2.05, 4.69) is 5.10 Å². The Morgan fingerprint density at radius 3 is 2.39 bits per heavy atom. The normalized spacial score (nSPS) is 10.5. The molecule has 28 heavy (non-hydrogen) atoms. The van der Waals surface area contributed by atoms with Crippen molar-refractivity contribution < 1.29 is 19.2 Å². The lowest BCUT2D eigenvalue weighted by Gasteiger charge is -2.13. The number of nitro benzene ring substituents is 1. The van der Waals surface area contributed by atoms with Crippen molar-refractivity contribution in [1.29, 1.82) is 0 Å². The predicted molar refractivity (Wildman–Crippen MR) is 104 cm³/mol. The van der Waals surface area contributed by atoms with Crippen LogP contribution in [-0.4, -0.2) is 26.5 Å². The molecule has 0 aliphatic heterocycles. The minimum Gasteiger partial charge on any atom is -0.407 e. The van der Waals surface area contributed by atoms with Crippen molar-refractivity contribution in [2.45, 2.75) is 41.0 Å². The van der Waals surface area contributed by atoms with Gasteiger partial charge in [0.05, 0.1) is 16.7 Å². The lowest BCUT2D eigenvalue weighted by molar-refractivity contribution is -0.385. The van der Waals surface area contributed by atoms with Crippen molar-refractivity contribution in [1.82, 2.24) is 9.78 Å². The van der Waals surface area contributed by atoms with E-state index in [0.717, 1.165) is 11.1 Å². The van der Waals surface area contributed by atoms with Crippen molar-refractivity contribution in [2.75, 3.05) is 0 Å². The Hall–Kier alpha value is -3.29. The highest BCUT2D eigenvalue weighted by atomic mass is 16.6. The number of aromatic nitrogens is 2. The number of benzene rings is 1. The predicted octanol–water partition coefficient (Wildman–Crippen LogP) is 4.00. The van der Waals surface area contributed by atoms with Crippen molar-refractivity contribution in [2.24, 2.45) is 7.05 Å². The molecule has 0 fully saturated rings. The summed E-state index contributed by atoms with van der Waals surface area (Å²) in [5.74, 6) is -0.851. The van der Waals surface area contributed by atoms with Crippen LogP contribution in [0.25, 0.3) is 5.57 Å². The first kappa shape index (κ1) is 21.0. The number of esters is 1. The summed E-state index contributed by atoms with van der Waals surface area (Å²) in [6.45, 7) is 8.83. The number of nitro groups is 1. The Kier molecular flexibility index (Phi) is 6.12. The molecule has 0 saturated heterocycles. The van der Waals surface area contributed by atoms with Gasteiger partial charge in [0.1, 0.15) is 5.56 Å². The molecule has 2 aromatic rings. The van der Waals surface area contributed by atoms with Crippen LogP contribution < -0.4 is 4.74 Å². The highest BCUT2D eigenvalue weighted by Crippen LogP contribution is 2.34. The van der Waals surface area contributed by atoms with Gasteiger partial charge in [-0.2, -0.15) is 5.10 Å². The van der Waals surface area contributed by atoms with E-state index in [1.54, 1.807) is 27.8 Å². The summed E-state index contributed by atoms with van der Waals surface area (Å²) in [7, 11) is 1.57. The van der Waals surface area contributed by atoms with Gasteiger partial charge in [-0.15, -0.1) is 0 Å². The van der Waals surface area contributed by atoms with Crippen molar-refractivity contribution >= 4 is 23.0 Å². The maximum absolute atomic E-state index is 13.2. The molecule has 0 saturated carbocycles. The van der Waals surface area contributed by atoms with Gasteiger partial charge in [0, 0.05) is 25.1 Å². The second-order valence-electron chi connectivity index (χ2n) is 6.66. The largest absolute Gasteiger partial charge is 0.407 e. The second kappa shape index (κ2) is 8.16. The van der Waals surface area contributed by atoms with Gasteiger partial charge in [0.2, 0.25) is 5.88 Å². The monoisotopic (exact) mass is 385 g/mol. The molecule has 0 amide bonds. The number of aryl methyl sites for hydroxylation is 1. The first-order valence-corrected chi connectivity index (χ1v) is 8.79. The van der Waals surface area contributed by atoms with Crippen LogP contribution >= 0.6 is 0 Å². The van der Waals surface area contributed by atoms with Crippen LogP contribution in [0.2, 0.25) is 0 Å². The van der Waals surface area contributed by atoms with Crippen LogP contribution in [0, 0.1) is 17.0 Å². The molecule has 0 atom stereocenters. The molecule has 0 N–H and O–H groups in total. The third-order valence-corrected chi connectivity index (χ3v) is 4.64. The van der Waals surface area contributed by atoms with Crippen LogP contribution in [-0.2, 0) is 11.8 Å². The number of carbonyl (C=O) groups excluding carboxylic acids is 2. The van der Waals surface area contributed by atoms with E-state index >= 15 is 0 Å². The van der Waals surface area contributed by atoms with E-state index in [1.165, 1.54) is 23.0 Å². The number of hydrogen-bond donors (Lipinski definition) is 0. The third-order valence-electron chi connectivity index (χ3n) is 4.64. The fourth-order valence-corrected chi connectivity index (χ4v) is 2.85. The van der Waals surface area contributed by atoms with E-state index in [4.69, 9.17) is 4.74 Å². The van der Waals surface area contributed by atoms with Crippen LogP contribution in [0.5, 0.6) is 5.88 Å². The molecule has 8 heteroatoms. The molecular formula is C20H23N3O5. The lowest BCUT2D eigenvalue weighted by atomic mass is 9.90. The maximum atomic E-state index is 13.2. The molecule has 1 heterocycles. The molecule has 0 unspecified atom stereocenters. The van der Waals surface area contributed by atoms with Crippen molar-refractivity contribution in [3.05, 3.63) is 56.3 Å². The molecule has 148 valence electrons. The molecule has 0 aliphatic carbocycles. The summed E-state index contributed by atoms with van der Waals surface area (Å²) in [5.41, 5.74) is 2.93. The molecule has 1 aromatic heterocycles. The van der Waals surface area contributed by atoms with E-state index in [1.807, 2.05) is 13.8 Å². The minimum atomic E-state index is -0.487. The molecular weight excluding hydrogens is 362 g/mol. The first-order chi connectivity index (χ1) is 13.1. The zero-order chi connectivity index (χ0) is 21.2. The number of ether oxygens (including phenoxy) is 1. The second-order valence-corrected chi connectivity index (χ2v) is 6.66. The number of rotatable bonds is 6. The van der Waals surface area contributed by atoms with E-state index in [-0.39, 0.29) is 23.6 Å². The van der Waals surface area contributed by atoms with Crippen LogP contribution in [0.1, 0.15) is 61.2 Å². The molecule has 0 bridgehead atoms. The van der Waals surface area contributed by atoms with Crippen LogP contribution in [0.3, 0.4) is 0 Å². The summed E-state index contributed by atoms with van der Waals surface area (Å²) in [6, 6.07) is 2.76. The Morgan fingerprint density at radius 1 is 1.21 bits per heavy atom. The number of nitrogens with zero attached hydrogens (tertiary/aromatic N) is 3. The van der Waals surface area contributed by atoms with E-state index in [9.17, 15) is 19.7 Å². The van der Waals surface area contributed by atoms with Crippen molar-refractivity contribution in [3.63, 3.8) is 0 Å². The molecule has 1 aromatic carbocycles. The average molecular weight is 385 g/mol. The smallest absolute Gasteiger partial charge is 0.312 e. The van der Waals surface area contributed by atoms with Gasteiger partial charge in [-0.1, -0.05) is 12.5 Å². The van der Waals surface area contributed by atoms with Crippen LogP contribution in [0.15, 0.2) is 23.9 Å². The highest BCUT2D eigenvalue weighted by Gasteiger charge is 2.27. The molecule has 0 aliphatic rings. The summed E-state index contributed by atoms with van der Waals surface area (Å²) in [5, 5.41) is 15.5. The Morgan fingerprint density at radius 2 is 1.86 bits per heavy atom. The van der Waals surface area contributed by atoms with Gasteiger partial charge in [-0.05, 0) is 44.9 Å². The zero-order valence-electron chi connectivity index (χ0n) is 16.8. The van der Waals surface area contributed by atoms with Crippen molar-refractivity contribution in [3.8, 4) is 5.88 Å². The first-order valence-electron chi connectivity index (χ1n) is 8.79. The van der Waals surface area contributed by atoms with Gasteiger partial charge < -0.3 is 4.74 Å². The fourth-order valence-electron chi connectivity index (χ4n) is 2.85. The SMILES string of the molecule is CCC(=O)Oc1c(C(=O)c2ccc([N+](=O)[O-])c(C(C)=C(C)C)c2C)cnn1C.